The van der Waals surface area contributed by atoms with Gasteiger partial charge >= 0.3 is 0 Å². The lowest BCUT2D eigenvalue weighted by molar-refractivity contribution is 1.76. The van der Waals surface area contributed by atoms with E-state index in [0.29, 0.717) is 10.0 Å². The molecule has 3 aromatic carbocycles. The van der Waals surface area contributed by atoms with Gasteiger partial charge in [-0.1, -0.05) is 59.1 Å². The lowest BCUT2D eigenvalue weighted by Gasteiger charge is -2.07. The van der Waals surface area contributed by atoms with E-state index in [4.69, 9.17) is 34.8 Å². The minimum atomic E-state index is 0.548. The molecule has 0 radical (unpaired) electrons. The quantitative estimate of drug-likeness (QED) is 0.446. The Morgan fingerprint density at radius 1 is 0.647 bits per heavy atom. The van der Waals surface area contributed by atoms with Crippen LogP contribution in [0.4, 0.5) is 0 Å². The van der Waals surface area contributed by atoms with E-state index in [0.717, 1.165) is 26.6 Å². The molecular formula is C14H7Cl3. The van der Waals surface area contributed by atoms with E-state index < -0.39 is 0 Å². The Bertz CT molecular complexity index is 732. The van der Waals surface area contributed by atoms with Crippen molar-refractivity contribution in [2.45, 2.75) is 0 Å². The second-order valence-corrected chi connectivity index (χ2v) is 5.11. The fraction of sp³-hybridized carbons (Fsp3) is 0. The molecule has 0 aliphatic carbocycles. The van der Waals surface area contributed by atoms with Crippen LogP contribution in [-0.2, 0) is 0 Å². The van der Waals surface area contributed by atoms with Gasteiger partial charge in [-0.25, -0.2) is 0 Å². The third-order valence-corrected chi connectivity index (χ3v) is 3.89. The highest BCUT2D eigenvalue weighted by Gasteiger charge is 2.07. The molecule has 0 aliphatic heterocycles. The van der Waals surface area contributed by atoms with Gasteiger partial charge in [0.2, 0.25) is 0 Å². The van der Waals surface area contributed by atoms with E-state index in [1.165, 1.54) is 0 Å². The molecule has 3 aromatic rings. The summed E-state index contributed by atoms with van der Waals surface area (Å²) >= 11 is 18.3. The van der Waals surface area contributed by atoms with Gasteiger partial charge in [0.25, 0.3) is 0 Å². The van der Waals surface area contributed by atoms with Crippen LogP contribution in [0.15, 0.2) is 42.5 Å². The summed E-state index contributed by atoms with van der Waals surface area (Å²) in [6, 6.07) is 13.6. The molecule has 84 valence electrons. The molecule has 0 atom stereocenters. The third kappa shape index (κ3) is 1.77. The number of halogens is 3. The number of hydrogen-bond donors (Lipinski definition) is 0. The van der Waals surface area contributed by atoms with Gasteiger partial charge in [0.05, 0.1) is 10.0 Å². The molecule has 3 rings (SSSR count). The van der Waals surface area contributed by atoms with Crippen molar-refractivity contribution in [3.63, 3.8) is 0 Å². The lowest BCUT2D eigenvalue weighted by atomic mass is 10.0. The molecule has 0 unspecified atom stereocenters. The summed E-state index contributed by atoms with van der Waals surface area (Å²) in [5.74, 6) is 0. The average molecular weight is 282 g/mol. The van der Waals surface area contributed by atoms with Crippen LogP contribution in [0.25, 0.3) is 21.5 Å². The van der Waals surface area contributed by atoms with Gasteiger partial charge < -0.3 is 0 Å². The van der Waals surface area contributed by atoms with Gasteiger partial charge in [0.15, 0.2) is 0 Å². The highest BCUT2D eigenvalue weighted by Crippen LogP contribution is 2.35. The van der Waals surface area contributed by atoms with E-state index >= 15 is 0 Å². The van der Waals surface area contributed by atoms with Crippen molar-refractivity contribution >= 4 is 56.3 Å². The van der Waals surface area contributed by atoms with Gasteiger partial charge in [0, 0.05) is 10.4 Å². The smallest absolute Gasteiger partial charge is 0.0598 e. The van der Waals surface area contributed by atoms with Gasteiger partial charge in [0.1, 0.15) is 0 Å². The maximum atomic E-state index is 6.25. The zero-order valence-electron chi connectivity index (χ0n) is 8.68. The van der Waals surface area contributed by atoms with Crippen LogP contribution in [-0.4, -0.2) is 0 Å². The minimum absolute atomic E-state index is 0.548. The number of fused-ring (bicyclic) bond motifs is 3. The van der Waals surface area contributed by atoms with Crippen molar-refractivity contribution in [1.82, 2.24) is 0 Å². The summed E-state index contributed by atoms with van der Waals surface area (Å²) < 4.78 is 0. The normalized spacial score (nSPS) is 11.2. The monoisotopic (exact) mass is 280 g/mol. The average Bonchev–Trinajstić information content (AvgIpc) is 2.31. The van der Waals surface area contributed by atoms with Crippen molar-refractivity contribution in [3.05, 3.63) is 57.5 Å². The fourth-order valence-electron chi connectivity index (χ4n) is 2.06. The first-order valence-electron chi connectivity index (χ1n) is 5.13. The van der Waals surface area contributed by atoms with E-state index in [1.54, 1.807) is 0 Å². The largest absolute Gasteiger partial charge is 0.0836 e. The molecular weight excluding hydrogens is 275 g/mol. The molecule has 0 aliphatic rings. The summed E-state index contributed by atoms with van der Waals surface area (Å²) in [4.78, 5) is 0. The SMILES string of the molecule is Clc1cc2ccc3cccc(Cl)c3c2cc1Cl. The summed E-state index contributed by atoms with van der Waals surface area (Å²) in [5.41, 5.74) is 0. The van der Waals surface area contributed by atoms with Gasteiger partial charge in [-0.15, -0.1) is 0 Å². The van der Waals surface area contributed by atoms with Crippen molar-refractivity contribution < 1.29 is 0 Å². The zero-order valence-corrected chi connectivity index (χ0v) is 10.9. The second-order valence-electron chi connectivity index (χ2n) is 3.89. The van der Waals surface area contributed by atoms with Crippen LogP contribution < -0.4 is 0 Å². The predicted molar refractivity (Wildman–Crippen MR) is 76.5 cm³/mol. The van der Waals surface area contributed by atoms with Crippen LogP contribution in [0.1, 0.15) is 0 Å². The summed E-state index contributed by atoms with van der Waals surface area (Å²) in [6.07, 6.45) is 0. The van der Waals surface area contributed by atoms with Crippen LogP contribution in [0, 0.1) is 0 Å². The summed E-state index contributed by atoms with van der Waals surface area (Å²) in [7, 11) is 0. The molecule has 0 saturated heterocycles. The maximum absolute atomic E-state index is 6.25. The molecule has 0 fully saturated rings. The summed E-state index contributed by atoms with van der Waals surface area (Å²) in [5, 5.41) is 6.03. The van der Waals surface area contributed by atoms with Gasteiger partial charge in [-0.2, -0.15) is 0 Å². The highest BCUT2D eigenvalue weighted by atomic mass is 35.5. The Labute approximate surface area is 114 Å². The molecule has 0 nitrogen and oxygen atoms in total. The van der Waals surface area contributed by atoms with Crippen LogP contribution in [0.3, 0.4) is 0 Å². The van der Waals surface area contributed by atoms with Crippen LogP contribution in [0.2, 0.25) is 15.1 Å². The van der Waals surface area contributed by atoms with Gasteiger partial charge in [-0.05, 0) is 34.4 Å². The molecule has 0 saturated carbocycles. The van der Waals surface area contributed by atoms with Crippen LogP contribution in [0.5, 0.6) is 0 Å². The van der Waals surface area contributed by atoms with E-state index in [2.05, 4.69) is 0 Å². The van der Waals surface area contributed by atoms with Crippen LogP contribution >= 0.6 is 34.8 Å². The van der Waals surface area contributed by atoms with E-state index in [9.17, 15) is 0 Å². The van der Waals surface area contributed by atoms with Crippen molar-refractivity contribution in [2.24, 2.45) is 0 Å². The first-order valence-corrected chi connectivity index (χ1v) is 6.26. The Morgan fingerprint density at radius 3 is 2.18 bits per heavy atom. The number of hydrogen-bond acceptors (Lipinski definition) is 0. The van der Waals surface area contributed by atoms with Crippen molar-refractivity contribution in [1.29, 1.82) is 0 Å². The Balaban J connectivity index is 2.59. The standard InChI is InChI=1S/C14H7Cl3/c15-11-3-1-2-8-4-5-9-6-12(16)13(17)7-10(9)14(8)11/h1-7H. The molecule has 0 amide bonds. The Hall–Kier alpha value is -0.950. The third-order valence-electron chi connectivity index (χ3n) is 2.85. The molecule has 17 heavy (non-hydrogen) atoms. The predicted octanol–water partition coefficient (Wildman–Crippen LogP) is 5.95. The van der Waals surface area contributed by atoms with Crippen molar-refractivity contribution in [2.75, 3.05) is 0 Å². The lowest BCUT2D eigenvalue weighted by Crippen LogP contribution is -1.80. The molecule has 0 spiro atoms. The topological polar surface area (TPSA) is 0 Å². The van der Waals surface area contributed by atoms with Gasteiger partial charge in [-0.3, -0.25) is 0 Å². The molecule has 0 heterocycles. The molecule has 0 aromatic heterocycles. The number of rotatable bonds is 0. The minimum Gasteiger partial charge on any atom is -0.0836 e. The maximum Gasteiger partial charge on any atom is 0.0598 e. The van der Waals surface area contributed by atoms with Crippen molar-refractivity contribution in [3.8, 4) is 0 Å². The van der Waals surface area contributed by atoms with E-state index in [-0.39, 0.29) is 0 Å². The molecule has 0 bridgehead atoms. The highest BCUT2D eigenvalue weighted by molar-refractivity contribution is 6.44. The summed E-state index contributed by atoms with van der Waals surface area (Å²) in [6.45, 7) is 0. The fourth-order valence-corrected chi connectivity index (χ4v) is 2.68. The molecule has 0 N–H and O–H groups in total. The van der Waals surface area contributed by atoms with E-state index in [1.807, 2.05) is 42.5 Å². The Kier molecular flexibility index (Phi) is 2.67. The first kappa shape index (κ1) is 11.2. The second kappa shape index (κ2) is 4.06. The zero-order chi connectivity index (χ0) is 12.0. The molecule has 3 heteroatoms. The first-order chi connectivity index (χ1) is 8.16. The Morgan fingerprint density at radius 2 is 1.35 bits per heavy atom. The number of benzene rings is 3.